The average Bonchev–Trinajstić information content (AvgIpc) is 2.58. The predicted molar refractivity (Wildman–Crippen MR) is 83.2 cm³/mol. The molecule has 2 amide bonds. The Morgan fingerprint density at radius 1 is 1.30 bits per heavy atom. The highest BCUT2D eigenvalue weighted by Crippen LogP contribution is 2.12. The fourth-order valence-corrected chi connectivity index (χ4v) is 2.40. The lowest BCUT2D eigenvalue weighted by Crippen LogP contribution is -2.43. The Morgan fingerprint density at radius 3 is 2.83 bits per heavy atom. The summed E-state index contributed by atoms with van der Waals surface area (Å²) in [5.74, 6) is 0. The molecule has 0 spiro atoms. The minimum absolute atomic E-state index is 0.109. The molecule has 1 fully saturated rings. The second-order valence-corrected chi connectivity index (χ2v) is 5.35. The minimum Gasteiger partial charge on any atom is -0.465 e. The van der Waals surface area contributed by atoms with Gasteiger partial charge < -0.3 is 24.8 Å². The van der Waals surface area contributed by atoms with Crippen molar-refractivity contribution in [1.29, 1.82) is 0 Å². The van der Waals surface area contributed by atoms with Crippen molar-refractivity contribution in [2.24, 2.45) is 0 Å². The molecule has 23 heavy (non-hydrogen) atoms. The molecule has 1 saturated heterocycles. The monoisotopic (exact) mass is 322 g/mol. The summed E-state index contributed by atoms with van der Waals surface area (Å²) < 4.78 is 10.7. The molecule has 1 aromatic rings. The van der Waals surface area contributed by atoms with Gasteiger partial charge in [-0.1, -0.05) is 30.3 Å². The van der Waals surface area contributed by atoms with Crippen LogP contribution < -0.4 is 5.32 Å². The molecule has 0 aromatic heterocycles. The first-order valence-electron chi connectivity index (χ1n) is 7.69. The van der Waals surface area contributed by atoms with Crippen LogP contribution in [0.25, 0.3) is 0 Å². The van der Waals surface area contributed by atoms with E-state index in [1.54, 1.807) is 0 Å². The van der Waals surface area contributed by atoms with Gasteiger partial charge in [0.05, 0.1) is 19.3 Å². The maximum absolute atomic E-state index is 11.5. The maximum atomic E-state index is 11.5. The summed E-state index contributed by atoms with van der Waals surface area (Å²) in [5.41, 5.74) is 0.926. The number of nitrogens with zero attached hydrogens (tertiary/aromatic N) is 1. The Kier molecular flexibility index (Phi) is 6.68. The van der Waals surface area contributed by atoms with Gasteiger partial charge in [-0.3, -0.25) is 0 Å². The van der Waals surface area contributed by atoms with Crippen molar-refractivity contribution in [3.63, 3.8) is 0 Å². The quantitative estimate of drug-likeness (QED) is 0.783. The molecule has 1 atom stereocenters. The Bertz CT molecular complexity index is 508. The van der Waals surface area contributed by atoms with Gasteiger partial charge in [0.15, 0.2) is 0 Å². The number of likely N-dealkylation sites (tertiary alicyclic amines) is 1. The number of alkyl carbamates (subject to hydrolysis) is 1. The van der Waals surface area contributed by atoms with Crippen molar-refractivity contribution in [2.75, 3.05) is 26.2 Å². The molecule has 0 saturated carbocycles. The van der Waals surface area contributed by atoms with Crippen molar-refractivity contribution in [3.05, 3.63) is 35.9 Å². The second kappa shape index (κ2) is 8.99. The van der Waals surface area contributed by atoms with Gasteiger partial charge >= 0.3 is 12.2 Å². The predicted octanol–water partition coefficient (Wildman–Crippen LogP) is 2.07. The van der Waals surface area contributed by atoms with Crippen LogP contribution in [0, 0.1) is 0 Å². The first kappa shape index (κ1) is 17.1. The highest BCUT2D eigenvalue weighted by atomic mass is 16.5. The minimum atomic E-state index is -0.916. The number of ether oxygens (including phenoxy) is 2. The van der Waals surface area contributed by atoms with Crippen molar-refractivity contribution < 1.29 is 24.2 Å². The third-order valence-corrected chi connectivity index (χ3v) is 3.59. The van der Waals surface area contributed by atoms with Crippen LogP contribution in [0.1, 0.15) is 18.4 Å². The van der Waals surface area contributed by atoms with E-state index in [4.69, 9.17) is 14.6 Å². The molecule has 0 bridgehead atoms. The molecule has 1 aliphatic rings. The Labute approximate surface area is 135 Å². The highest BCUT2D eigenvalue weighted by Gasteiger charge is 2.23. The highest BCUT2D eigenvalue weighted by molar-refractivity contribution is 5.67. The van der Waals surface area contributed by atoms with E-state index in [9.17, 15) is 9.59 Å². The largest absolute Gasteiger partial charge is 0.465 e. The number of rotatable bonds is 6. The zero-order valence-corrected chi connectivity index (χ0v) is 12.9. The van der Waals surface area contributed by atoms with E-state index in [1.807, 2.05) is 30.3 Å². The van der Waals surface area contributed by atoms with Crippen LogP contribution in [0.5, 0.6) is 0 Å². The van der Waals surface area contributed by atoms with Gasteiger partial charge in [-0.05, 0) is 18.4 Å². The summed E-state index contributed by atoms with van der Waals surface area (Å²) in [6, 6.07) is 9.43. The molecule has 1 heterocycles. The number of benzene rings is 1. The topological polar surface area (TPSA) is 88.1 Å². The summed E-state index contributed by atoms with van der Waals surface area (Å²) in [5, 5.41) is 11.6. The van der Waals surface area contributed by atoms with E-state index in [2.05, 4.69) is 5.32 Å². The molecular weight excluding hydrogens is 300 g/mol. The zero-order chi connectivity index (χ0) is 16.5. The van der Waals surface area contributed by atoms with Gasteiger partial charge in [-0.2, -0.15) is 0 Å². The third-order valence-electron chi connectivity index (χ3n) is 3.59. The van der Waals surface area contributed by atoms with Gasteiger partial charge in [0, 0.05) is 13.1 Å². The summed E-state index contributed by atoms with van der Waals surface area (Å²) in [7, 11) is 0. The van der Waals surface area contributed by atoms with Gasteiger partial charge in [-0.15, -0.1) is 0 Å². The molecule has 0 unspecified atom stereocenters. The van der Waals surface area contributed by atoms with Crippen LogP contribution in [0.4, 0.5) is 9.59 Å². The summed E-state index contributed by atoms with van der Waals surface area (Å²) in [6.07, 6.45) is 0.113. The molecule has 126 valence electrons. The standard InChI is InChI=1S/C16H22N2O5/c19-15(23-12-13-5-2-1-3-6-13)17-8-10-22-14-7-4-9-18(11-14)16(20)21/h1-3,5-6,14H,4,7-12H2,(H,17,19)(H,20,21)/t14-/m0/s1. The lowest BCUT2D eigenvalue weighted by molar-refractivity contribution is 0.00453. The summed E-state index contributed by atoms with van der Waals surface area (Å²) >= 11 is 0. The van der Waals surface area contributed by atoms with Gasteiger partial charge in [-0.25, -0.2) is 9.59 Å². The molecule has 7 nitrogen and oxygen atoms in total. The normalized spacial score (nSPS) is 17.6. The number of carbonyl (C=O) groups excluding carboxylic acids is 1. The van der Waals surface area contributed by atoms with Crippen LogP contribution in [-0.4, -0.2) is 54.5 Å². The third kappa shape index (κ3) is 6.15. The lowest BCUT2D eigenvalue weighted by atomic mass is 10.1. The van der Waals surface area contributed by atoms with Gasteiger partial charge in [0.2, 0.25) is 0 Å². The Hall–Kier alpha value is -2.28. The number of hydrogen-bond donors (Lipinski definition) is 2. The van der Waals surface area contributed by atoms with E-state index in [-0.39, 0.29) is 12.7 Å². The molecule has 0 radical (unpaired) electrons. The van der Waals surface area contributed by atoms with Gasteiger partial charge in [0.1, 0.15) is 6.61 Å². The zero-order valence-electron chi connectivity index (χ0n) is 12.9. The lowest BCUT2D eigenvalue weighted by Gasteiger charge is -2.30. The summed E-state index contributed by atoms with van der Waals surface area (Å²) in [6.45, 7) is 1.83. The van der Waals surface area contributed by atoms with Gasteiger partial charge in [0.25, 0.3) is 0 Å². The number of piperidine rings is 1. The van der Waals surface area contributed by atoms with E-state index in [0.29, 0.717) is 26.2 Å². The first-order valence-corrected chi connectivity index (χ1v) is 7.69. The van der Waals surface area contributed by atoms with Crippen LogP contribution in [0.3, 0.4) is 0 Å². The molecule has 1 aromatic carbocycles. The molecule has 0 aliphatic carbocycles. The molecular formula is C16H22N2O5. The molecule has 7 heteroatoms. The molecule has 2 N–H and O–H groups in total. The van der Waals surface area contributed by atoms with Crippen molar-refractivity contribution in [1.82, 2.24) is 10.2 Å². The molecule has 1 aliphatic heterocycles. The van der Waals surface area contributed by atoms with E-state index >= 15 is 0 Å². The number of hydrogen-bond acceptors (Lipinski definition) is 4. The number of carboxylic acid groups (broad SMARTS) is 1. The van der Waals surface area contributed by atoms with E-state index in [0.717, 1.165) is 18.4 Å². The maximum Gasteiger partial charge on any atom is 0.407 e. The van der Waals surface area contributed by atoms with Crippen molar-refractivity contribution >= 4 is 12.2 Å². The van der Waals surface area contributed by atoms with Crippen molar-refractivity contribution in [3.8, 4) is 0 Å². The number of carbonyl (C=O) groups is 2. The van der Waals surface area contributed by atoms with E-state index in [1.165, 1.54) is 4.90 Å². The number of amides is 2. The Morgan fingerprint density at radius 2 is 2.09 bits per heavy atom. The average molecular weight is 322 g/mol. The SMILES string of the molecule is O=C(NCCO[C@H]1CCCN(C(=O)O)C1)OCc1ccccc1. The van der Waals surface area contributed by atoms with E-state index < -0.39 is 12.2 Å². The Balaban J connectivity index is 1.56. The van der Waals surface area contributed by atoms with Crippen LogP contribution >= 0.6 is 0 Å². The summed E-state index contributed by atoms with van der Waals surface area (Å²) in [4.78, 5) is 23.8. The number of nitrogens with one attached hydrogen (secondary N) is 1. The van der Waals surface area contributed by atoms with Crippen LogP contribution in [0.15, 0.2) is 30.3 Å². The fourth-order valence-electron chi connectivity index (χ4n) is 2.40. The second-order valence-electron chi connectivity index (χ2n) is 5.35. The van der Waals surface area contributed by atoms with Crippen LogP contribution in [-0.2, 0) is 16.1 Å². The van der Waals surface area contributed by atoms with Crippen LogP contribution in [0.2, 0.25) is 0 Å². The first-order chi connectivity index (χ1) is 11.1. The fraction of sp³-hybridized carbons (Fsp3) is 0.500. The van der Waals surface area contributed by atoms with Crippen molar-refractivity contribution in [2.45, 2.75) is 25.6 Å². The smallest absolute Gasteiger partial charge is 0.407 e. The molecule has 2 rings (SSSR count).